The van der Waals surface area contributed by atoms with Crippen molar-refractivity contribution in [2.24, 2.45) is 0 Å². The van der Waals surface area contributed by atoms with Crippen LogP contribution in [0, 0.1) is 0 Å². The second-order valence-electron chi connectivity index (χ2n) is 6.65. The molecule has 0 aliphatic heterocycles. The van der Waals surface area contributed by atoms with Crippen LogP contribution in [-0.2, 0) is 14.3 Å². The van der Waals surface area contributed by atoms with Gasteiger partial charge in [-0.3, -0.25) is 4.79 Å². The Bertz CT molecular complexity index is 253. The Morgan fingerprint density at radius 2 is 1.22 bits per heavy atom. The van der Waals surface area contributed by atoms with E-state index in [-0.39, 0.29) is 5.97 Å². The van der Waals surface area contributed by atoms with Gasteiger partial charge in [-0.25, -0.2) is 0 Å². The minimum Gasteiger partial charge on any atom is -0.469 e. The van der Waals surface area contributed by atoms with Crippen molar-refractivity contribution in [2.75, 3.05) is 14.2 Å². The van der Waals surface area contributed by atoms with Crippen LogP contribution in [-0.4, -0.2) is 26.3 Å². The first-order valence-electron chi connectivity index (χ1n) is 9.84. The summed E-state index contributed by atoms with van der Waals surface area (Å²) >= 11 is 0. The summed E-state index contributed by atoms with van der Waals surface area (Å²) in [4.78, 5) is 11.0. The van der Waals surface area contributed by atoms with Gasteiger partial charge < -0.3 is 9.47 Å². The number of esters is 1. The van der Waals surface area contributed by atoms with Crippen molar-refractivity contribution in [1.29, 1.82) is 0 Å². The normalized spacial score (nSPS) is 12.3. The maximum Gasteiger partial charge on any atom is 0.305 e. The number of methoxy groups -OCH3 is 2. The molecule has 0 aliphatic carbocycles. The smallest absolute Gasteiger partial charge is 0.305 e. The van der Waals surface area contributed by atoms with Gasteiger partial charge in [0.25, 0.3) is 0 Å². The van der Waals surface area contributed by atoms with Gasteiger partial charge in [-0.05, 0) is 19.3 Å². The van der Waals surface area contributed by atoms with Gasteiger partial charge in [0.2, 0.25) is 0 Å². The number of rotatable bonds is 17. The molecular formula is C20H40O3. The van der Waals surface area contributed by atoms with Crippen LogP contribution in [0.25, 0.3) is 0 Å². The van der Waals surface area contributed by atoms with Crippen LogP contribution in [0.1, 0.15) is 103 Å². The SMILES string of the molecule is CCCCCCCCC[C@H](CCCCCCCC(=O)OC)OC. The van der Waals surface area contributed by atoms with E-state index in [4.69, 9.17) is 4.74 Å². The summed E-state index contributed by atoms with van der Waals surface area (Å²) < 4.78 is 10.3. The van der Waals surface area contributed by atoms with Crippen LogP contribution in [0.4, 0.5) is 0 Å². The highest BCUT2D eigenvalue weighted by Gasteiger charge is 2.07. The van der Waals surface area contributed by atoms with E-state index in [1.165, 1.54) is 84.2 Å². The summed E-state index contributed by atoms with van der Waals surface area (Å²) in [6.45, 7) is 2.27. The van der Waals surface area contributed by atoms with Crippen molar-refractivity contribution in [3.8, 4) is 0 Å². The molecule has 0 aliphatic rings. The third-order valence-corrected chi connectivity index (χ3v) is 4.60. The second-order valence-corrected chi connectivity index (χ2v) is 6.65. The molecule has 23 heavy (non-hydrogen) atoms. The van der Waals surface area contributed by atoms with E-state index in [1.54, 1.807) is 0 Å². The van der Waals surface area contributed by atoms with E-state index < -0.39 is 0 Å². The summed E-state index contributed by atoms with van der Waals surface area (Å²) in [6.07, 6.45) is 18.8. The number of hydrogen-bond donors (Lipinski definition) is 0. The lowest BCUT2D eigenvalue weighted by Gasteiger charge is -2.15. The lowest BCUT2D eigenvalue weighted by molar-refractivity contribution is -0.140. The topological polar surface area (TPSA) is 35.5 Å². The second kappa shape index (κ2) is 17.8. The zero-order valence-corrected chi connectivity index (χ0v) is 15.9. The molecule has 0 aromatic carbocycles. The van der Waals surface area contributed by atoms with E-state index in [0.717, 1.165) is 12.8 Å². The van der Waals surface area contributed by atoms with Gasteiger partial charge in [0.05, 0.1) is 13.2 Å². The molecule has 138 valence electrons. The van der Waals surface area contributed by atoms with E-state index in [2.05, 4.69) is 11.7 Å². The molecule has 0 fully saturated rings. The quantitative estimate of drug-likeness (QED) is 0.241. The third-order valence-electron chi connectivity index (χ3n) is 4.60. The molecule has 0 amide bonds. The van der Waals surface area contributed by atoms with E-state index in [9.17, 15) is 4.79 Å². The zero-order valence-electron chi connectivity index (χ0n) is 15.9. The number of hydrogen-bond acceptors (Lipinski definition) is 3. The predicted octanol–water partition coefficient (Wildman–Crippen LogP) is 6.05. The summed E-state index contributed by atoms with van der Waals surface area (Å²) in [7, 11) is 3.31. The number of ether oxygens (including phenoxy) is 2. The number of carbonyl (C=O) groups excluding carboxylic acids is 1. The average Bonchev–Trinajstić information content (AvgIpc) is 2.57. The van der Waals surface area contributed by atoms with Crippen LogP contribution < -0.4 is 0 Å². The van der Waals surface area contributed by atoms with Crippen molar-refractivity contribution in [3.63, 3.8) is 0 Å². The first-order valence-corrected chi connectivity index (χ1v) is 9.84. The monoisotopic (exact) mass is 328 g/mol. The van der Waals surface area contributed by atoms with Crippen molar-refractivity contribution in [3.05, 3.63) is 0 Å². The molecule has 0 saturated heterocycles. The maximum absolute atomic E-state index is 11.0. The summed E-state index contributed by atoms with van der Waals surface area (Å²) in [5, 5.41) is 0. The highest BCUT2D eigenvalue weighted by Crippen LogP contribution is 2.16. The predicted molar refractivity (Wildman–Crippen MR) is 97.7 cm³/mol. The van der Waals surface area contributed by atoms with Gasteiger partial charge in [0.15, 0.2) is 0 Å². The van der Waals surface area contributed by atoms with Crippen LogP contribution in [0.15, 0.2) is 0 Å². The summed E-state index contributed by atoms with van der Waals surface area (Å²) in [6, 6.07) is 0. The Labute approximate surface area is 144 Å². The van der Waals surface area contributed by atoms with Crippen molar-refractivity contribution < 1.29 is 14.3 Å². The third kappa shape index (κ3) is 16.1. The molecule has 0 saturated carbocycles. The van der Waals surface area contributed by atoms with Crippen LogP contribution >= 0.6 is 0 Å². The van der Waals surface area contributed by atoms with Crippen LogP contribution in [0.5, 0.6) is 0 Å². The first-order chi connectivity index (χ1) is 11.2. The van der Waals surface area contributed by atoms with Crippen molar-refractivity contribution in [2.45, 2.75) is 109 Å². The highest BCUT2D eigenvalue weighted by molar-refractivity contribution is 5.68. The van der Waals surface area contributed by atoms with Crippen LogP contribution in [0.3, 0.4) is 0 Å². The van der Waals surface area contributed by atoms with E-state index >= 15 is 0 Å². The molecular weight excluding hydrogens is 288 g/mol. The minimum atomic E-state index is -0.0841. The lowest BCUT2D eigenvalue weighted by atomic mass is 10.0. The molecule has 0 unspecified atom stereocenters. The summed E-state index contributed by atoms with van der Waals surface area (Å²) in [5.74, 6) is -0.0841. The van der Waals surface area contributed by atoms with Gasteiger partial charge in [0.1, 0.15) is 0 Å². The average molecular weight is 329 g/mol. The van der Waals surface area contributed by atoms with Crippen LogP contribution in [0.2, 0.25) is 0 Å². The van der Waals surface area contributed by atoms with Gasteiger partial charge in [-0.2, -0.15) is 0 Å². The molecule has 0 rings (SSSR count). The largest absolute Gasteiger partial charge is 0.469 e. The number of carbonyl (C=O) groups is 1. The van der Waals surface area contributed by atoms with Crippen molar-refractivity contribution in [1.82, 2.24) is 0 Å². The van der Waals surface area contributed by atoms with E-state index in [1.807, 2.05) is 7.11 Å². The van der Waals surface area contributed by atoms with Gasteiger partial charge in [-0.1, -0.05) is 77.6 Å². The Hall–Kier alpha value is -0.570. The number of unbranched alkanes of at least 4 members (excludes halogenated alkanes) is 10. The Balaban J connectivity index is 3.36. The highest BCUT2D eigenvalue weighted by atomic mass is 16.5. The molecule has 3 nitrogen and oxygen atoms in total. The molecule has 0 radical (unpaired) electrons. The molecule has 0 N–H and O–H groups in total. The standard InChI is InChI=1S/C20H40O3/c1-4-5-6-7-8-10-13-16-19(22-2)17-14-11-9-12-15-18-20(21)23-3/h19H,4-18H2,1-3H3/t19-/m1/s1. The van der Waals surface area contributed by atoms with Crippen molar-refractivity contribution >= 4 is 5.97 Å². The Kier molecular flexibility index (Phi) is 17.3. The Morgan fingerprint density at radius 3 is 1.70 bits per heavy atom. The molecule has 0 aromatic heterocycles. The fourth-order valence-electron chi connectivity index (χ4n) is 2.98. The molecule has 0 spiro atoms. The fraction of sp³-hybridized carbons (Fsp3) is 0.950. The molecule has 0 aromatic rings. The lowest BCUT2D eigenvalue weighted by Crippen LogP contribution is -2.10. The fourth-order valence-corrected chi connectivity index (χ4v) is 2.98. The van der Waals surface area contributed by atoms with Gasteiger partial charge in [0, 0.05) is 13.5 Å². The Morgan fingerprint density at radius 1 is 0.739 bits per heavy atom. The molecule has 3 heteroatoms. The van der Waals surface area contributed by atoms with Gasteiger partial charge >= 0.3 is 5.97 Å². The van der Waals surface area contributed by atoms with Gasteiger partial charge in [-0.15, -0.1) is 0 Å². The molecule has 0 heterocycles. The first kappa shape index (κ1) is 22.4. The molecule has 1 atom stereocenters. The molecule has 0 bridgehead atoms. The minimum absolute atomic E-state index is 0.0841. The summed E-state index contributed by atoms with van der Waals surface area (Å²) in [5.41, 5.74) is 0. The van der Waals surface area contributed by atoms with E-state index in [0.29, 0.717) is 12.5 Å². The zero-order chi connectivity index (χ0) is 17.2. The maximum atomic E-state index is 11.0.